The Morgan fingerprint density at radius 3 is 0.250 bits per heavy atom. The first-order valence-electron chi connectivity index (χ1n) is 0. The molecule has 0 aliphatic rings. The molecule has 0 aromatic carbocycles. The van der Waals surface area contributed by atoms with Crippen LogP contribution < -0.4 is 74.4 Å². The molecule has 60 valence electrons. The Kier molecular flexibility index (Phi) is 685. The minimum absolute atomic E-state index is 0. The summed E-state index contributed by atoms with van der Waals surface area (Å²) in [6, 6.07) is 0. The molecule has 0 aliphatic heterocycles. The molecule has 8 heavy (non-hydrogen) atoms. The van der Waals surface area contributed by atoms with Crippen molar-refractivity contribution in [3.8, 4) is 0 Å². The molecular weight excluding hydrogens is 531 g/mol. The van der Waals surface area contributed by atoms with Gasteiger partial charge in [0.15, 0.2) is 0 Å². The van der Waals surface area contributed by atoms with Crippen molar-refractivity contribution in [1.29, 1.82) is 0 Å². The van der Waals surface area contributed by atoms with Crippen LogP contribution in [0.1, 0.15) is 0 Å². The molecule has 8 heteroatoms. The molecular formula is Cl6Tb2. The third kappa shape index (κ3) is 48.1. The van der Waals surface area contributed by atoms with Gasteiger partial charge in [-0.1, -0.05) is 0 Å². The Morgan fingerprint density at radius 1 is 0.250 bits per heavy atom. The van der Waals surface area contributed by atoms with E-state index in [2.05, 4.69) is 0 Å². The summed E-state index contributed by atoms with van der Waals surface area (Å²) in [4.78, 5) is 0. The first kappa shape index (κ1) is 84.7. The fraction of sp³-hybridized carbons (Fsp3) is 0. The summed E-state index contributed by atoms with van der Waals surface area (Å²) in [5.41, 5.74) is 0. The summed E-state index contributed by atoms with van der Waals surface area (Å²) in [7, 11) is 0. The molecule has 0 nitrogen and oxygen atoms in total. The maximum Gasteiger partial charge on any atom is 3.00 e. The van der Waals surface area contributed by atoms with Crippen molar-refractivity contribution in [3.05, 3.63) is 0 Å². The average Bonchev–Trinajstić information content (AvgIpc) is 0. The zero-order chi connectivity index (χ0) is 0. The Labute approximate surface area is 148 Å². The van der Waals surface area contributed by atoms with Crippen molar-refractivity contribution in [2.75, 3.05) is 0 Å². The van der Waals surface area contributed by atoms with Gasteiger partial charge in [0, 0.05) is 0 Å². The Balaban J connectivity index is 0. The van der Waals surface area contributed by atoms with Gasteiger partial charge in [0.1, 0.15) is 0 Å². The third-order valence-corrected chi connectivity index (χ3v) is 0. The molecule has 0 aromatic rings. The van der Waals surface area contributed by atoms with Crippen LogP contribution in [0.3, 0.4) is 0 Å². The molecule has 0 radical (unpaired) electrons. The van der Waals surface area contributed by atoms with Gasteiger partial charge in [-0.3, -0.25) is 0 Å². The van der Waals surface area contributed by atoms with E-state index in [1.165, 1.54) is 0 Å². The van der Waals surface area contributed by atoms with E-state index in [9.17, 15) is 0 Å². The molecule has 0 aliphatic carbocycles. The molecule has 0 atom stereocenters. The van der Waals surface area contributed by atoms with E-state index in [1.54, 1.807) is 0 Å². The summed E-state index contributed by atoms with van der Waals surface area (Å²) in [6.07, 6.45) is 0. The van der Waals surface area contributed by atoms with Crippen LogP contribution in [0.25, 0.3) is 0 Å². The Morgan fingerprint density at radius 2 is 0.250 bits per heavy atom. The Hall–Kier alpha value is 4.31. The molecule has 0 saturated heterocycles. The van der Waals surface area contributed by atoms with Gasteiger partial charge < -0.3 is 74.4 Å². The zero-order valence-electron chi connectivity index (χ0n) is 2.93. The maximum absolute atomic E-state index is 0. The van der Waals surface area contributed by atoms with Gasteiger partial charge in [-0.2, -0.15) is 0 Å². The second kappa shape index (κ2) is 64.7. The van der Waals surface area contributed by atoms with E-state index in [1.807, 2.05) is 0 Å². The van der Waals surface area contributed by atoms with E-state index in [0.717, 1.165) is 0 Å². The molecule has 0 aromatic heterocycles. The topological polar surface area (TPSA) is 0 Å². The smallest absolute Gasteiger partial charge is 1.00 e. The fourth-order valence-electron chi connectivity index (χ4n) is 0. The first-order chi connectivity index (χ1) is 0. The first-order valence-corrected chi connectivity index (χ1v) is 0. The van der Waals surface area contributed by atoms with Gasteiger partial charge >= 0.3 is 77.2 Å². The molecule has 0 saturated carbocycles. The third-order valence-electron chi connectivity index (χ3n) is 0. The normalized spacial score (nSPS) is 0. The van der Waals surface area contributed by atoms with Crippen LogP contribution >= 0.6 is 0 Å². The summed E-state index contributed by atoms with van der Waals surface area (Å²) in [5.74, 6) is 0. The number of halogens is 6. The van der Waals surface area contributed by atoms with Crippen LogP contribution in [0.2, 0.25) is 0 Å². The standard InChI is InChI=1S/6ClH.2Tb/h6*1H;;/q;;;;;;2*+3/p-6. The predicted octanol–water partition coefficient (Wildman–Crippen LogP) is -18.0. The summed E-state index contributed by atoms with van der Waals surface area (Å²) in [6.45, 7) is 0. The van der Waals surface area contributed by atoms with E-state index in [-0.39, 0.29) is 152 Å². The molecule has 0 spiro atoms. The maximum atomic E-state index is 0. The van der Waals surface area contributed by atoms with Crippen molar-refractivity contribution in [1.82, 2.24) is 0 Å². The van der Waals surface area contributed by atoms with Gasteiger partial charge in [0.2, 0.25) is 0 Å². The quantitative estimate of drug-likeness (QED) is 0.292. The minimum Gasteiger partial charge on any atom is -1.00 e. The SMILES string of the molecule is [Cl-].[Cl-].[Cl-].[Cl-].[Cl-].[Cl-].[Tb+3].[Tb+3]. The van der Waals surface area contributed by atoms with Crippen LogP contribution in [-0.2, 0) is 0 Å². The van der Waals surface area contributed by atoms with Crippen LogP contribution in [0.4, 0.5) is 0 Å². The van der Waals surface area contributed by atoms with E-state index >= 15 is 0 Å². The van der Waals surface area contributed by atoms with Crippen LogP contribution in [0.15, 0.2) is 0 Å². The molecule has 0 unspecified atom stereocenters. The minimum atomic E-state index is 0. The van der Waals surface area contributed by atoms with E-state index in [4.69, 9.17) is 0 Å². The molecule has 0 rings (SSSR count). The van der Waals surface area contributed by atoms with Crippen molar-refractivity contribution in [2.24, 2.45) is 0 Å². The van der Waals surface area contributed by atoms with Gasteiger partial charge in [-0.25, -0.2) is 0 Å². The van der Waals surface area contributed by atoms with E-state index in [0.29, 0.717) is 0 Å². The van der Waals surface area contributed by atoms with Gasteiger partial charge in [-0.15, -0.1) is 0 Å². The summed E-state index contributed by atoms with van der Waals surface area (Å²) < 4.78 is 0. The number of hydrogen-bond donors (Lipinski definition) is 0. The van der Waals surface area contributed by atoms with Crippen molar-refractivity contribution in [3.63, 3.8) is 0 Å². The van der Waals surface area contributed by atoms with Crippen molar-refractivity contribution >= 4 is 0 Å². The van der Waals surface area contributed by atoms with Crippen molar-refractivity contribution in [2.45, 2.75) is 0 Å². The zero-order valence-corrected chi connectivity index (χ0v) is 11.7. The van der Waals surface area contributed by atoms with Crippen LogP contribution in [0, 0.1) is 77.2 Å². The average molecular weight is 531 g/mol. The predicted molar refractivity (Wildman–Crippen MR) is 0 cm³/mol. The second-order valence-electron chi connectivity index (χ2n) is 0. The molecule has 0 amide bonds. The fourth-order valence-corrected chi connectivity index (χ4v) is 0. The monoisotopic (exact) mass is 528 g/mol. The van der Waals surface area contributed by atoms with Gasteiger partial charge in [0.05, 0.1) is 0 Å². The van der Waals surface area contributed by atoms with Gasteiger partial charge in [0.25, 0.3) is 0 Å². The largest absolute Gasteiger partial charge is 3.00 e. The summed E-state index contributed by atoms with van der Waals surface area (Å²) in [5, 5.41) is 0. The van der Waals surface area contributed by atoms with Crippen LogP contribution in [0.5, 0.6) is 0 Å². The van der Waals surface area contributed by atoms with Crippen molar-refractivity contribution < 1.29 is 152 Å². The second-order valence-corrected chi connectivity index (χ2v) is 0. The Bertz CT molecular complexity index is 6.49. The van der Waals surface area contributed by atoms with E-state index < -0.39 is 0 Å². The molecule has 0 fully saturated rings. The molecule has 0 bridgehead atoms. The molecule has 0 heterocycles. The van der Waals surface area contributed by atoms with Crippen LogP contribution in [-0.4, -0.2) is 0 Å². The number of hydrogen-bond acceptors (Lipinski definition) is 0. The molecule has 0 N–H and O–H groups in total. The van der Waals surface area contributed by atoms with Gasteiger partial charge in [-0.05, 0) is 0 Å². The number of rotatable bonds is 0. The summed E-state index contributed by atoms with van der Waals surface area (Å²) >= 11 is 0.